The molecule has 1 fully saturated rings. The van der Waals surface area contributed by atoms with E-state index in [1.807, 2.05) is 0 Å². The lowest BCUT2D eigenvalue weighted by molar-refractivity contribution is -0.0659. The molecule has 0 aromatic carbocycles. The number of hydrogen-bond donors (Lipinski definition) is 3. The van der Waals surface area contributed by atoms with Crippen LogP contribution in [0.3, 0.4) is 0 Å². The molecule has 108 valence electrons. The van der Waals surface area contributed by atoms with E-state index in [4.69, 9.17) is 10.5 Å². The van der Waals surface area contributed by atoms with Crippen LogP contribution >= 0.6 is 0 Å². The third kappa shape index (κ3) is 2.66. The average Bonchev–Trinajstić information content (AvgIpc) is 2.70. The summed E-state index contributed by atoms with van der Waals surface area (Å²) in [5, 5.41) is 6.47. The Morgan fingerprint density at radius 3 is 2.68 bits per heavy atom. The maximum atomic E-state index is 12.2. The fraction of sp³-hybridized carbons (Fsp3) is 0.727. The quantitative estimate of drug-likeness (QED) is 0.683. The van der Waals surface area contributed by atoms with Gasteiger partial charge in [0.15, 0.2) is 5.03 Å². The summed E-state index contributed by atoms with van der Waals surface area (Å²) in [6, 6.07) is 0. The molecule has 1 aliphatic carbocycles. The van der Waals surface area contributed by atoms with Crippen LogP contribution in [-0.2, 0) is 21.3 Å². The van der Waals surface area contributed by atoms with Gasteiger partial charge in [0.2, 0.25) is 0 Å². The molecule has 8 heteroatoms. The summed E-state index contributed by atoms with van der Waals surface area (Å²) in [5.41, 5.74) is 6.40. The number of nitrogens with one attached hydrogen (secondary N) is 2. The van der Waals surface area contributed by atoms with Crippen molar-refractivity contribution in [1.82, 2.24) is 14.9 Å². The first kappa shape index (κ1) is 14.4. The van der Waals surface area contributed by atoms with E-state index >= 15 is 0 Å². The van der Waals surface area contributed by atoms with Crippen LogP contribution in [0.1, 0.15) is 30.5 Å². The van der Waals surface area contributed by atoms with E-state index in [2.05, 4.69) is 14.9 Å². The van der Waals surface area contributed by atoms with Crippen LogP contribution in [0.25, 0.3) is 0 Å². The molecule has 0 saturated heterocycles. The van der Waals surface area contributed by atoms with Crippen molar-refractivity contribution in [2.45, 2.75) is 43.4 Å². The van der Waals surface area contributed by atoms with E-state index in [9.17, 15) is 8.42 Å². The molecule has 4 N–H and O–H groups in total. The minimum Gasteiger partial charge on any atom is -0.377 e. The Kier molecular flexibility index (Phi) is 3.95. The van der Waals surface area contributed by atoms with Crippen molar-refractivity contribution in [2.24, 2.45) is 5.73 Å². The summed E-state index contributed by atoms with van der Waals surface area (Å²) in [7, 11) is -2.05. The van der Waals surface area contributed by atoms with E-state index in [1.54, 1.807) is 14.0 Å². The number of rotatable bonds is 6. The zero-order valence-electron chi connectivity index (χ0n) is 11.2. The highest BCUT2D eigenvalue weighted by atomic mass is 32.2. The van der Waals surface area contributed by atoms with Crippen molar-refractivity contribution in [2.75, 3.05) is 13.7 Å². The summed E-state index contributed by atoms with van der Waals surface area (Å²) in [6.07, 6.45) is 2.80. The largest absolute Gasteiger partial charge is 0.377 e. The summed E-state index contributed by atoms with van der Waals surface area (Å²) in [5.74, 6) is 0. The van der Waals surface area contributed by atoms with E-state index in [0.29, 0.717) is 11.3 Å². The standard InChI is InChI=1S/C11H20N4O3S/c1-8-9(6-12)10(15-14-8)19(16,17)13-7-11(18-2)4-3-5-11/h13H,3-7,12H2,1-2H3,(H,14,15). The van der Waals surface area contributed by atoms with Gasteiger partial charge in [-0.25, -0.2) is 13.1 Å². The zero-order valence-corrected chi connectivity index (χ0v) is 12.0. The van der Waals surface area contributed by atoms with Crippen LogP contribution in [-0.4, -0.2) is 37.9 Å². The van der Waals surface area contributed by atoms with Crippen LogP contribution in [0.2, 0.25) is 0 Å². The van der Waals surface area contributed by atoms with Crippen molar-refractivity contribution < 1.29 is 13.2 Å². The number of sulfonamides is 1. The topological polar surface area (TPSA) is 110 Å². The maximum absolute atomic E-state index is 12.2. The molecule has 2 rings (SSSR count). The van der Waals surface area contributed by atoms with E-state index in [-0.39, 0.29) is 23.7 Å². The van der Waals surface area contributed by atoms with Gasteiger partial charge in [-0.05, 0) is 26.2 Å². The Morgan fingerprint density at radius 1 is 1.53 bits per heavy atom. The monoisotopic (exact) mass is 288 g/mol. The Morgan fingerprint density at radius 2 is 2.21 bits per heavy atom. The van der Waals surface area contributed by atoms with Crippen LogP contribution in [0.5, 0.6) is 0 Å². The van der Waals surface area contributed by atoms with Gasteiger partial charge in [0.25, 0.3) is 10.0 Å². The molecule has 1 aliphatic rings. The number of aryl methyl sites for hydroxylation is 1. The van der Waals surface area contributed by atoms with Crippen LogP contribution in [0, 0.1) is 6.92 Å². The molecule has 0 unspecified atom stereocenters. The Labute approximate surface area is 113 Å². The highest BCUT2D eigenvalue weighted by molar-refractivity contribution is 7.89. The molecule has 19 heavy (non-hydrogen) atoms. The van der Waals surface area contributed by atoms with Crippen molar-refractivity contribution >= 4 is 10.0 Å². The third-order valence-electron chi connectivity index (χ3n) is 3.78. The van der Waals surface area contributed by atoms with Crippen molar-refractivity contribution in [3.63, 3.8) is 0 Å². The minimum absolute atomic E-state index is 0.0157. The number of aromatic amines is 1. The van der Waals surface area contributed by atoms with Gasteiger partial charge < -0.3 is 10.5 Å². The molecule has 1 heterocycles. The number of nitrogens with zero attached hydrogens (tertiary/aromatic N) is 1. The minimum atomic E-state index is -3.65. The Bertz CT molecular complexity index is 543. The van der Waals surface area contributed by atoms with Gasteiger partial charge in [0.1, 0.15) is 0 Å². The Hall–Kier alpha value is -0.960. The molecule has 0 atom stereocenters. The van der Waals surface area contributed by atoms with Gasteiger partial charge in [-0.2, -0.15) is 5.10 Å². The van der Waals surface area contributed by atoms with Gasteiger partial charge in [0.05, 0.1) is 5.60 Å². The third-order valence-corrected chi connectivity index (χ3v) is 5.15. The first-order valence-corrected chi connectivity index (χ1v) is 7.71. The smallest absolute Gasteiger partial charge is 0.260 e. The predicted molar refractivity (Wildman–Crippen MR) is 70.0 cm³/mol. The lowest BCUT2D eigenvalue weighted by Gasteiger charge is -2.40. The number of nitrogens with two attached hydrogens (primary N) is 1. The molecule has 1 aromatic rings. The number of ether oxygens (including phenoxy) is 1. The lowest BCUT2D eigenvalue weighted by atomic mass is 9.80. The maximum Gasteiger partial charge on any atom is 0.260 e. The molecule has 7 nitrogen and oxygen atoms in total. The van der Waals surface area contributed by atoms with Crippen molar-refractivity contribution in [3.05, 3.63) is 11.3 Å². The molecule has 1 aromatic heterocycles. The number of methoxy groups -OCH3 is 1. The predicted octanol–water partition coefficient (Wildman–Crippen LogP) is 0.0242. The lowest BCUT2D eigenvalue weighted by Crippen LogP contribution is -2.49. The molecule has 0 amide bonds. The second-order valence-electron chi connectivity index (χ2n) is 4.90. The molecular formula is C11H20N4O3S. The summed E-state index contributed by atoms with van der Waals surface area (Å²) >= 11 is 0. The molecule has 0 spiro atoms. The second-order valence-corrected chi connectivity index (χ2v) is 6.58. The SMILES string of the molecule is COC1(CNS(=O)(=O)c2n[nH]c(C)c2CN)CCC1. The van der Waals surface area contributed by atoms with E-state index < -0.39 is 10.0 Å². The van der Waals surface area contributed by atoms with Crippen LogP contribution < -0.4 is 10.5 Å². The van der Waals surface area contributed by atoms with Gasteiger partial charge in [-0.15, -0.1) is 0 Å². The van der Waals surface area contributed by atoms with Crippen molar-refractivity contribution in [1.29, 1.82) is 0 Å². The zero-order chi connectivity index (χ0) is 14.1. The second kappa shape index (κ2) is 5.20. The highest BCUT2D eigenvalue weighted by Crippen LogP contribution is 2.34. The number of hydrogen-bond acceptors (Lipinski definition) is 5. The van der Waals surface area contributed by atoms with Crippen molar-refractivity contribution in [3.8, 4) is 0 Å². The van der Waals surface area contributed by atoms with Crippen LogP contribution in [0.4, 0.5) is 0 Å². The number of H-pyrrole nitrogens is 1. The Balaban J connectivity index is 2.14. The number of aromatic nitrogens is 2. The van der Waals surface area contributed by atoms with Gasteiger partial charge in [-0.3, -0.25) is 5.10 Å². The van der Waals surface area contributed by atoms with E-state index in [0.717, 1.165) is 19.3 Å². The molecular weight excluding hydrogens is 268 g/mol. The fourth-order valence-corrected chi connectivity index (χ4v) is 3.53. The normalized spacial score (nSPS) is 18.3. The van der Waals surface area contributed by atoms with Gasteiger partial charge in [-0.1, -0.05) is 0 Å². The van der Waals surface area contributed by atoms with Gasteiger partial charge in [0, 0.05) is 31.5 Å². The molecule has 0 radical (unpaired) electrons. The summed E-state index contributed by atoms with van der Waals surface area (Å²) in [4.78, 5) is 0. The van der Waals surface area contributed by atoms with Crippen LogP contribution in [0.15, 0.2) is 5.03 Å². The summed E-state index contributed by atoms with van der Waals surface area (Å²) < 4.78 is 32.4. The molecule has 0 bridgehead atoms. The average molecular weight is 288 g/mol. The first-order chi connectivity index (χ1) is 8.94. The molecule has 1 saturated carbocycles. The molecule has 0 aliphatic heterocycles. The highest BCUT2D eigenvalue weighted by Gasteiger charge is 2.38. The summed E-state index contributed by atoms with van der Waals surface area (Å²) in [6.45, 7) is 2.15. The van der Waals surface area contributed by atoms with Gasteiger partial charge >= 0.3 is 0 Å². The van der Waals surface area contributed by atoms with E-state index in [1.165, 1.54) is 0 Å². The fourth-order valence-electron chi connectivity index (χ4n) is 2.21. The first-order valence-electron chi connectivity index (χ1n) is 6.23.